The number of carbonyl (C=O) groups is 2. The molecular formula is C19H26N4O4S2. The highest BCUT2D eigenvalue weighted by molar-refractivity contribution is 7.89. The minimum absolute atomic E-state index is 0.0926. The summed E-state index contributed by atoms with van der Waals surface area (Å²) >= 11 is 1.26. The third kappa shape index (κ3) is 6.34. The van der Waals surface area contributed by atoms with Crippen molar-refractivity contribution < 1.29 is 18.0 Å². The zero-order chi connectivity index (χ0) is 21.4. The standard InChI is InChI=1S/C19H26N4O4S2/c1-4-10-20-19(25)17-13-28-18(22-17)12-23(11-5-2)29(26,27)16-8-6-15(7-9-16)21-14(3)24/h6-9,13H,4-5,10-12H2,1-3H3,(H,20,25)(H,21,24). The highest BCUT2D eigenvalue weighted by Crippen LogP contribution is 2.22. The van der Waals surface area contributed by atoms with Crippen molar-refractivity contribution in [3.8, 4) is 0 Å². The van der Waals surface area contributed by atoms with E-state index < -0.39 is 10.0 Å². The quantitative estimate of drug-likeness (QED) is 0.593. The van der Waals surface area contributed by atoms with Gasteiger partial charge < -0.3 is 10.6 Å². The van der Waals surface area contributed by atoms with Crippen molar-refractivity contribution in [3.63, 3.8) is 0 Å². The van der Waals surface area contributed by atoms with Gasteiger partial charge in [-0.15, -0.1) is 11.3 Å². The molecule has 0 saturated carbocycles. The Kier molecular flexibility index (Phi) is 8.30. The van der Waals surface area contributed by atoms with E-state index in [0.29, 0.717) is 35.9 Å². The van der Waals surface area contributed by atoms with Crippen molar-refractivity contribution in [1.29, 1.82) is 0 Å². The topological polar surface area (TPSA) is 108 Å². The van der Waals surface area contributed by atoms with Crippen LogP contribution in [0.3, 0.4) is 0 Å². The molecule has 2 rings (SSSR count). The average molecular weight is 439 g/mol. The van der Waals surface area contributed by atoms with E-state index in [2.05, 4.69) is 15.6 Å². The third-order valence-corrected chi connectivity index (χ3v) is 6.61. The van der Waals surface area contributed by atoms with E-state index in [1.54, 1.807) is 17.5 Å². The fraction of sp³-hybridized carbons (Fsp3) is 0.421. The van der Waals surface area contributed by atoms with Crippen LogP contribution in [0.4, 0.5) is 5.69 Å². The number of thiazole rings is 1. The largest absolute Gasteiger partial charge is 0.351 e. The number of rotatable bonds is 10. The Morgan fingerprint density at radius 3 is 2.41 bits per heavy atom. The van der Waals surface area contributed by atoms with Crippen molar-refractivity contribution >= 4 is 38.9 Å². The molecule has 1 aromatic heterocycles. The zero-order valence-electron chi connectivity index (χ0n) is 16.8. The second-order valence-electron chi connectivity index (χ2n) is 6.43. The van der Waals surface area contributed by atoms with Gasteiger partial charge in [0.25, 0.3) is 5.91 Å². The molecule has 0 radical (unpaired) electrons. The molecule has 1 heterocycles. The highest BCUT2D eigenvalue weighted by atomic mass is 32.2. The smallest absolute Gasteiger partial charge is 0.270 e. The van der Waals surface area contributed by atoms with Crippen LogP contribution in [0.15, 0.2) is 34.5 Å². The van der Waals surface area contributed by atoms with Gasteiger partial charge in [0.1, 0.15) is 10.7 Å². The van der Waals surface area contributed by atoms with Crippen LogP contribution in [-0.4, -0.2) is 42.6 Å². The molecule has 10 heteroatoms. The molecule has 0 spiro atoms. The summed E-state index contributed by atoms with van der Waals surface area (Å²) in [6.07, 6.45) is 1.46. The maximum atomic E-state index is 13.1. The maximum absolute atomic E-state index is 13.1. The van der Waals surface area contributed by atoms with E-state index in [-0.39, 0.29) is 23.3 Å². The Bertz CT molecular complexity index is 939. The summed E-state index contributed by atoms with van der Waals surface area (Å²) in [6, 6.07) is 6.04. The summed E-state index contributed by atoms with van der Waals surface area (Å²) in [6.45, 7) is 6.23. The fourth-order valence-corrected chi connectivity index (χ4v) is 4.93. The van der Waals surface area contributed by atoms with Gasteiger partial charge in [0, 0.05) is 31.1 Å². The van der Waals surface area contributed by atoms with E-state index in [1.165, 1.54) is 34.7 Å². The first-order valence-electron chi connectivity index (χ1n) is 9.38. The number of nitrogens with zero attached hydrogens (tertiary/aromatic N) is 2. The zero-order valence-corrected chi connectivity index (χ0v) is 18.4. The molecule has 8 nitrogen and oxygen atoms in total. The lowest BCUT2D eigenvalue weighted by Gasteiger charge is -2.20. The van der Waals surface area contributed by atoms with Crippen molar-refractivity contribution in [1.82, 2.24) is 14.6 Å². The molecule has 0 unspecified atom stereocenters. The molecular weight excluding hydrogens is 412 g/mol. The molecule has 0 aliphatic rings. The van der Waals surface area contributed by atoms with Gasteiger partial charge in [0.15, 0.2) is 0 Å². The van der Waals surface area contributed by atoms with Gasteiger partial charge in [-0.25, -0.2) is 13.4 Å². The van der Waals surface area contributed by atoms with Gasteiger partial charge >= 0.3 is 0 Å². The van der Waals surface area contributed by atoms with Crippen molar-refractivity contribution in [2.45, 2.75) is 45.1 Å². The SMILES string of the molecule is CCCNC(=O)c1csc(CN(CCC)S(=O)(=O)c2ccc(NC(C)=O)cc2)n1. The number of amides is 2. The van der Waals surface area contributed by atoms with Gasteiger partial charge in [-0.05, 0) is 37.1 Å². The van der Waals surface area contributed by atoms with E-state index in [1.807, 2.05) is 13.8 Å². The van der Waals surface area contributed by atoms with Crippen LogP contribution >= 0.6 is 11.3 Å². The molecule has 2 N–H and O–H groups in total. The Labute approximate surface area is 175 Å². The predicted molar refractivity (Wildman–Crippen MR) is 113 cm³/mol. The lowest BCUT2D eigenvalue weighted by Crippen LogP contribution is -2.31. The Morgan fingerprint density at radius 2 is 1.83 bits per heavy atom. The Balaban J connectivity index is 2.18. The van der Waals surface area contributed by atoms with Gasteiger partial charge in [-0.1, -0.05) is 13.8 Å². The molecule has 0 bridgehead atoms. The van der Waals surface area contributed by atoms with Crippen molar-refractivity contribution in [2.24, 2.45) is 0 Å². The summed E-state index contributed by atoms with van der Waals surface area (Å²) in [7, 11) is -3.75. The van der Waals surface area contributed by atoms with Crippen LogP contribution in [0, 0.1) is 0 Å². The van der Waals surface area contributed by atoms with E-state index in [4.69, 9.17) is 0 Å². The molecule has 0 aliphatic carbocycles. The summed E-state index contributed by atoms with van der Waals surface area (Å²) in [5.74, 6) is -0.483. The van der Waals surface area contributed by atoms with Gasteiger partial charge in [0.05, 0.1) is 11.4 Å². The lowest BCUT2D eigenvalue weighted by atomic mass is 10.3. The van der Waals surface area contributed by atoms with Crippen molar-refractivity contribution in [2.75, 3.05) is 18.4 Å². The normalized spacial score (nSPS) is 11.4. The Morgan fingerprint density at radius 1 is 1.14 bits per heavy atom. The molecule has 0 fully saturated rings. The molecule has 0 aliphatic heterocycles. The van der Waals surface area contributed by atoms with Gasteiger partial charge in [-0.3, -0.25) is 9.59 Å². The number of benzene rings is 1. The van der Waals surface area contributed by atoms with E-state index >= 15 is 0 Å². The number of sulfonamides is 1. The van der Waals surface area contributed by atoms with Crippen LogP contribution in [-0.2, 0) is 21.4 Å². The number of nitrogens with one attached hydrogen (secondary N) is 2. The number of aromatic nitrogens is 1. The first-order chi connectivity index (χ1) is 13.8. The average Bonchev–Trinajstić information content (AvgIpc) is 3.14. The highest BCUT2D eigenvalue weighted by Gasteiger charge is 2.25. The van der Waals surface area contributed by atoms with E-state index in [9.17, 15) is 18.0 Å². The lowest BCUT2D eigenvalue weighted by molar-refractivity contribution is -0.114. The number of anilines is 1. The molecule has 158 valence electrons. The minimum Gasteiger partial charge on any atom is -0.351 e. The van der Waals surface area contributed by atoms with Gasteiger partial charge in [0.2, 0.25) is 15.9 Å². The monoisotopic (exact) mass is 438 g/mol. The molecule has 1 aromatic carbocycles. The van der Waals surface area contributed by atoms with Crippen molar-refractivity contribution in [3.05, 3.63) is 40.3 Å². The van der Waals surface area contributed by atoms with Crippen LogP contribution < -0.4 is 10.6 Å². The maximum Gasteiger partial charge on any atom is 0.270 e. The number of carbonyl (C=O) groups excluding carboxylic acids is 2. The van der Waals surface area contributed by atoms with Gasteiger partial charge in [-0.2, -0.15) is 4.31 Å². The van der Waals surface area contributed by atoms with Crippen LogP contribution in [0.25, 0.3) is 0 Å². The molecule has 29 heavy (non-hydrogen) atoms. The summed E-state index contributed by atoms with van der Waals surface area (Å²) in [5, 5.41) is 7.56. The summed E-state index contributed by atoms with van der Waals surface area (Å²) in [4.78, 5) is 27.6. The molecule has 2 aromatic rings. The predicted octanol–water partition coefficient (Wildman–Crippen LogP) is 2.84. The molecule has 0 saturated heterocycles. The minimum atomic E-state index is -3.75. The molecule has 0 atom stereocenters. The van der Waals surface area contributed by atoms with Crippen LogP contribution in [0.5, 0.6) is 0 Å². The fourth-order valence-electron chi connectivity index (χ4n) is 2.56. The number of hydrogen-bond acceptors (Lipinski definition) is 6. The van der Waals surface area contributed by atoms with E-state index in [0.717, 1.165) is 6.42 Å². The third-order valence-electron chi connectivity index (χ3n) is 3.92. The number of hydrogen-bond donors (Lipinski definition) is 2. The molecule has 2 amide bonds. The second kappa shape index (κ2) is 10.5. The summed E-state index contributed by atoms with van der Waals surface area (Å²) < 4.78 is 27.5. The summed E-state index contributed by atoms with van der Waals surface area (Å²) in [5.41, 5.74) is 0.827. The second-order valence-corrected chi connectivity index (χ2v) is 9.31. The Hall–Kier alpha value is -2.30. The first-order valence-corrected chi connectivity index (χ1v) is 11.7. The first kappa shape index (κ1) is 23.0. The van der Waals surface area contributed by atoms with Crippen LogP contribution in [0.1, 0.15) is 49.1 Å². The van der Waals surface area contributed by atoms with Crippen LogP contribution in [0.2, 0.25) is 0 Å².